The summed E-state index contributed by atoms with van der Waals surface area (Å²) in [7, 11) is 0. The third kappa shape index (κ3) is 5.30. The quantitative estimate of drug-likeness (QED) is 0.760. The van der Waals surface area contributed by atoms with E-state index in [0.717, 1.165) is 6.54 Å². The van der Waals surface area contributed by atoms with Crippen LogP contribution < -0.4 is 9.54 Å². The summed E-state index contributed by atoms with van der Waals surface area (Å²) in [5.41, 5.74) is 0.712. The van der Waals surface area contributed by atoms with Gasteiger partial charge in [-0.25, -0.2) is 0 Å². The number of thiazole rings is 1. The minimum atomic E-state index is -0.393. The Labute approximate surface area is 165 Å². The van der Waals surface area contributed by atoms with Gasteiger partial charge in [0, 0.05) is 17.6 Å². The van der Waals surface area contributed by atoms with Crippen LogP contribution in [0.4, 0.5) is 0 Å². The molecule has 0 atom stereocenters. The standard InChI is InChI=1S/C21H27N3O2S/c1-7-26-17-9-8-15(11-22)10-16(17)19(25)23-20-24(12-14(2)3)13-18(27-20)21(4,5)6/h8-10,13-14H,7,12H2,1-6H3/b23-20-. The highest BCUT2D eigenvalue weighted by atomic mass is 32.1. The Bertz CT molecular complexity index is 924. The summed E-state index contributed by atoms with van der Waals surface area (Å²) in [5.74, 6) is 0.492. The Balaban J connectivity index is 2.56. The number of hydrogen-bond donors (Lipinski definition) is 0. The molecule has 0 aliphatic carbocycles. The van der Waals surface area contributed by atoms with Crippen LogP contribution in [0.5, 0.6) is 5.75 Å². The number of hydrogen-bond acceptors (Lipinski definition) is 4. The van der Waals surface area contributed by atoms with E-state index in [1.807, 2.05) is 11.5 Å². The number of nitrogens with zero attached hydrogens (tertiary/aromatic N) is 3. The van der Waals surface area contributed by atoms with Gasteiger partial charge in [0.05, 0.1) is 23.8 Å². The Hall–Kier alpha value is -2.39. The van der Waals surface area contributed by atoms with Crippen LogP contribution in [0.2, 0.25) is 0 Å². The van der Waals surface area contributed by atoms with Gasteiger partial charge >= 0.3 is 0 Å². The van der Waals surface area contributed by atoms with E-state index in [0.29, 0.717) is 34.2 Å². The topological polar surface area (TPSA) is 67.4 Å². The van der Waals surface area contributed by atoms with E-state index in [1.165, 1.54) is 16.2 Å². The van der Waals surface area contributed by atoms with Crippen LogP contribution in [-0.4, -0.2) is 17.1 Å². The van der Waals surface area contributed by atoms with Crippen molar-refractivity contribution in [3.63, 3.8) is 0 Å². The molecule has 0 unspecified atom stereocenters. The second-order valence-corrected chi connectivity index (χ2v) is 8.86. The predicted octanol–water partition coefficient (Wildman–Crippen LogP) is 4.51. The van der Waals surface area contributed by atoms with E-state index >= 15 is 0 Å². The number of aromatic nitrogens is 1. The monoisotopic (exact) mass is 385 g/mol. The van der Waals surface area contributed by atoms with E-state index in [9.17, 15) is 4.79 Å². The normalized spacial score (nSPS) is 12.3. The van der Waals surface area contributed by atoms with Crippen molar-refractivity contribution in [3.8, 4) is 11.8 Å². The van der Waals surface area contributed by atoms with E-state index in [4.69, 9.17) is 10.00 Å². The van der Waals surface area contributed by atoms with Gasteiger partial charge < -0.3 is 9.30 Å². The van der Waals surface area contributed by atoms with Crippen LogP contribution in [0.1, 0.15) is 62.3 Å². The fourth-order valence-corrected chi connectivity index (χ4v) is 3.59. The number of rotatable bonds is 5. The van der Waals surface area contributed by atoms with Gasteiger partial charge in [0.25, 0.3) is 5.91 Å². The van der Waals surface area contributed by atoms with Crippen molar-refractivity contribution in [2.45, 2.75) is 53.5 Å². The van der Waals surface area contributed by atoms with Crippen molar-refractivity contribution in [1.29, 1.82) is 5.26 Å². The number of carbonyl (C=O) groups is 1. The lowest BCUT2D eigenvalue weighted by Gasteiger charge is -2.14. The molecular weight excluding hydrogens is 358 g/mol. The molecule has 1 aromatic carbocycles. The number of nitriles is 1. The molecule has 0 fully saturated rings. The van der Waals surface area contributed by atoms with Gasteiger partial charge in [0.15, 0.2) is 4.80 Å². The molecule has 0 aliphatic rings. The van der Waals surface area contributed by atoms with Crippen LogP contribution in [0, 0.1) is 17.2 Å². The van der Waals surface area contributed by atoms with Crippen molar-refractivity contribution in [2.24, 2.45) is 10.9 Å². The molecule has 27 heavy (non-hydrogen) atoms. The lowest BCUT2D eigenvalue weighted by molar-refractivity contribution is 0.0994. The first-order valence-electron chi connectivity index (χ1n) is 9.12. The second-order valence-electron chi connectivity index (χ2n) is 7.85. The van der Waals surface area contributed by atoms with Gasteiger partial charge in [-0.1, -0.05) is 34.6 Å². The smallest absolute Gasteiger partial charge is 0.283 e. The van der Waals surface area contributed by atoms with Gasteiger partial charge in [-0.05, 0) is 36.5 Å². The van der Waals surface area contributed by atoms with Crippen molar-refractivity contribution in [2.75, 3.05) is 6.61 Å². The van der Waals surface area contributed by atoms with E-state index in [1.54, 1.807) is 18.2 Å². The zero-order valence-corrected chi connectivity index (χ0v) is 17.7. The highest BCUT2D eigenvalue weighted by molar-refractivity contribution is 7.09. The summed E-state index contributed by atoms with van der Waals surface area (Å²) in [5, 5.41) is 9.16. The van der Waals surface area contributed by atoms with Gasteiger partial charge in [0.2, 0.25) is 0 Å². The van der Waals surface area contributed by atoms with E-state index in [-0.39, 0.29) is 5.41 Å². The lowest BCUT2D eigenvalue weighted by Crippen LogP contribution is -2.19. The Kier molecular flexibility index (Phi) is 6.61. The first-order valence-corrected chi connectivity index (χ1v) is 9.94. The fourth-order valence-electron chi connectivity index (χ4n) is 2.53. The SMILES string of the molecule is CCOc1ccc(C#N)cc1C(=O)/N=c1\sc(C(C)(C)C)cn1CC(C)C. The minimum Gasteiger partial charge on any atom is -0.493 e. The van der Waals surface area contributed by atoms with E-state index < -0.39 is 5.91 Å². The van der Waals surface area contributed by atoms with Gasteiger partial charge in [-0.2, -0.15) is 10.3 Å². The summed E-state index contributed by atoms with van der Waals surface area (Å²) in [4.78, 5) is 19.1. The fraction of sp³-hybridized carbons (Fsp3) is 0.476. The first kappa shape index (κ1) is 20.9. The summed E-state index contributed by atoms with van der Waals surface area (Å²) in [6.07, 6.45) is 2.09. The second kappa shape index (κ2) is 8.53. The average molecular weight is 386 g/mol. The molecule has 5 nitrogen and oxygen atoms in total. The van der Waals surface area contributed by atoms with Gasteiger partial charge in [-0.3, -0.25) is 4.79 Å². The van der Waals surface area contributed by atoms with Crippen LogP contribution >= 0.6 is 11.3 Å². The Morgan fingerprint density at radius 2 is 2.07 bits per heavy atom. The summed E-state index contributed by atoms with van der Waals surface area (Å²) in [6.45, 7) is 13.8. The Morgan fingerprint density at radius 1 is 1.37 bits per heavy atom. The molecule has 0 aliphatic heterocycles. The summed E-state index contributed by atoms with van der Waals surface area (Å²) >= 11 is 1.53. The van der Waals surface area contributed by atoms with E-state index in [2.05, 4.69) is 51.9 Å². The van der Waals surface area contributed by atoms with Crippen LogP contribution in [-0.2, 0) is 12.0 Å². The molecule has 2 rings (SSSR count). The van der Waals surface area contributed by atoms with Crippen molar-refractivity contribution in [3.05, 3.63) is 45.2 Å². The zero-order chi connectivity index (χ0) is 20.2. The first-order chi connectivity index (χ1) is 12.7. The predicted molar refractivity (Wildman–Crippen MR) is 108 cm³/mol. The van der Waals surface area contributed by atoms with Gasteiger partial charge in [0.1, 0.15) is 5.75 Å². The molecule has 0 spiro atoms. The van der Waals surface area contributed by atoms with Crippen LogP contribution in [0.25, 0.3) is 0 Å². The lowest BCUT2D eigenvalue weighted by atomic mass is 9.95. The number of carbonyl (C=O) groups excluding carboxylic acids is 1. The average Bonchev–Trinajstić information content (AvgIpc) is 2.97. The molecular formula is C21H27N3O2S. The minimum absolute atomic E-state index is 0.0164. The van der Waals surface area contributed by atoms with Gasteiger partial charge in [-0.15, -0.1) is 11.3 Å². The molecule has 1 aromatic heterocycles. The maximum Gasteiger partial charge on any atom is 0.283 e. The molecule has 1 amide bonds. The largest absolute Gasteiger partial charge is 0.493 e. The number of benzene rings is 1. The third-order valence-electron chi connectivity index (χ3n) is 3.86. The van der Waals surface area contributed by atoms with Crippen LogP contribution in [0.15, 0.2) is 29.4 Å². The molecule has 2 aromatic rings. The molecule has 0 saturated heterocycles. The maximum absolute atomic E-state index is 12.9. The summed E-state index contributed by atoms with van der Waals surface area (Å²) < 4.78 is 7.60. The molecule has 0 saturated carbocycles. The molecule has 0 radical (unpaired) electrons. The summed E-state index contributed by atoms with van der Waals surface area (Å²) in [6, 6.07) is 6.91. The molecule has 1 heterocycles. The van der Waals surface area contributed by atoms with Crippen molar-refractivity contribution < 1.29 is 9.53 Å². The van der Waals surface area contributed by atoms with Crippen molar-refractivity contribution >= 4 is 17.2 Å². The molecule has 0 N–H and O–H groups in total. The highest BCUT2D eigenvalue weighted by Gasteiger charge is 2.19. The maximum atomic E-state index is 12.9. The van der Waals surface area contributed by atoms with Crippen molar-refractivity contribution in [1.82, 2.24) is 4.57 Å². The molecule has 6 heteroatoms. The Morgan fingerprint density at radius 3 is 2.63 bits per heavy atom. The zero-order valence-electron chi connectivity index (χ0n) is 16.9. The number of amides is 1. The number of ether oxygens (including phenoxy) is 1. The molecule has 144 valence electrons. The molecule has 0 bridgehead atoms. The highest BCUT2D eigenvalue weighted by Crippen LogP contribution is 2.25. The van der Waals surface area contributed by atoms with Crippen LogP contribution in [0.3, 0.4) is 0 Å². The third-order valence-corrected chi connectivity index (χ3v) is 5.30.